The minimum Gasteiger partial charge on any atom is -0.497 e. The molecular weight excluding hydrogens is 499 g/mol. The first kappa shape index (κ1) is 29.0. The van der Waals surface area contributed by atoms with Crippen LogP contribution in [0.3, 0.4) is 0 Å². The van der Waals surface area contributed by atoms with Crippen molar-refractivity contribution in [3.05, 3.63) is 59.7 Å². The molecule has 8 nitrogen and oxygen atoms in total. The van der Waals surface area contributed by atoms with Gasteiger partial charge in [0.15, 0.2) is 0 Å². The van der Waals surface area contributed by atoms with Crippen molar-refractivity contribution in [1.82, 2.24) is 10.2 Å². The van der Waals surface area contributed by atoms with Gasteiger partial charge in [-0.05, 0) is 49.2 Å². The van der Waals surface area contributed by atoms with Gasteiger partial charge in [-0.2, -0.15) is 13.2 Å². The number of hydrogen-bond donors (Lipinski definition) is 1. The van der Waals surface area contributed by atoms with Crippen LogP contribution in [0.15, 0.2) is 48.5 Å². The third kappa shape index (κ3) is 7.87. The molecule has 2 aromatic rings. The smallest absolute Gasteiger partial charge is 0.416 e. The van der Waals surface area contributed by atoms with E-state index in [0.29, 0.717) is 5.75 Å². The second-order valence-electron chi connectivity index (χ2n) is 8.15. The summed E-state index contributed by atoms with van der Waals surface area (Å²) in [7, 11) is -0.968. The number of nitrogens with zero attached hydrogens (tertiary/aromatic N) is 2. The molecular formula is C24H30F3N3O5S. The highest BCUT2D eigenvalue weighted by Gasteiger charge is 2.32. The van der Waals surface area contributed by atoms with Crippen molar-refractivity contribution >= 4 is 27.5 Å². The molecule has 0 aliphatic rings. The summed E-state index contributed by atoms with van der Waals surface area (Å²) >= 11 is 0. The van der Waals surface area contributed by atoms with Crippen LogP contribution in [0, 0.1) is 0 Å². The molecule has 2 amide bonds. The van der Waals surface area contributed by atoms with Crippen LogP contribution < -0.4 is 14.4 Å². The summed E-state index contributed by atoms with van der Waals surface area (Å²) in [6, 6.07) is 10.2. The predicted molar refractivity (Wildman–Crippen MR) is 130 cm³/mol. The number of carbonyl (C=O) groups excluding carboxylic acids is 2. The molecule has 1 atom stereocenters. The zero-order valence-electron chi connectivity index (χ0n) is 20.5. The van der Waals surface area contributed by atoms with Crippen molar-refractivity contribution in [3.63, 3.8) is 0 Å². The normalized spacial score (nSPS) is 12.5. The lowest BCUT2D eigenvalue weighted by atomic mass is 10.1. The van der Waals surface area contributed by atoms with Crippen LogP contribution in [0.25, 0.3) is 0 Å². The Bertz CT molecular complexity index is 1170. The van der Waals surface area contributed by atoms with E-state index in [0.717, 1.165) is 34.3 Å². The number of carbonyl (C=O) groups is 2. The fourth-order valence-electron chi connectivity index (χ4n) is 3.60. The molecule has 0 aliphatic heterocycles. The molecule has 36 heavy (non-hydrogen) atoms. The van der Waals surface area contributed by atoms with E-state index < -0.39 is 33.7 Å². The first-order valence-corrected chi connectivity index (χ1v) is 12.9. The average molecular weight is 530 g/mol. The van der Waals surface area contributed by atoms with Crippen LogP contribution >= 0.6 is 0 Å². The Morgan fingerprint density at radius 1 is 1.11 bits per heavy atom. The summed E-state index contributed by atoms with van der Waals surface area (Å²) in [4.78, 5) is 26.8. The van der Waals surface area contributed by atoms with Crippen LogP contribution in [0.5, 0.6) is 5.75 Å². The number of alkyl halides is 3. The maximum Gasteiger partial charge on any atom is 0.416 e. The Kier molecular flexibility index (Phi) is 9.74. The van der Waals surface area contributed by atoms with Gasteiger partial charge in [-0.25, -0.2) is 8.42 Å². The van der Waals surface area contributed by atoms with Gasteiger partial charge in [-0.3, -0.25) is 13.9 Å². The third-order valence-electron chi connectivity index (χ3n) is 5.51. The second kappa shape index (κ2) is 12.1. The van der Waals surface area contributed by atoms with Crippen molar-refractivity contribution < 1.29 is 35.9 Å². The molecule has 12 heteroatoms. The summed E-state index contributed by atoms with van der Waals surface area (Å²) in [5.74, 6) is -0.211. The second-order valence-corrected chi connectivity index (χ2v) is 10.1. The maximum absolute atomic E-state index is 13.1. The highest BCUT2D eigenvalue weighted by Crippen LogP contribution is 2.32. The van der Waals surface area contributed by atoms with Crippen LogP contribution in [0.4, 0.5) is 18.9 Å². The average Bonchev–Trinajstić information content (AvgIpc) is 2.83. The molecule has 1 unspecified atom stereocenters. The largest absolute Gasteiger partial charge is 0.497 e. The molecule has 0 aromatic heterocycles. The lowest BCUT2D eigenvalue weighted by Crippen LogP contribution is -2.46. The number of sulfonamides is 1. The lowest BCUT2D eigenvalue weighted by molar-refractivity contribution is -0.140. The standard InChI is InChI=1S/C24H30F3N3O5S/c1-17(23(32)28-2)29(16-18-8-5-11-21(14-18)35-3)22(31)12-7-13-30(36(4,33)34)20-10-6-9-19(15-20)24(25,26)27/h5-6,8-11,14-15,17H,7,12-13,16H2,1-4H3,(H,28,32). The Hall–Kier alpha value is -3.28. The first-order valence-electron chi connectivity index (χ1n) is 11.1. The molecule has 0 bridgehead atoms. The molecule has 198 valence electrons. The predicted octanol–water partition coefficient (Wildman–Crippen LogP) is 3.42. The zero-order chi connectivity index (χ0) is 27.1. The van der Waals surface area contributed by atoms with Crippen molar-refractivity contribution in [2.24, 2.45) is 0 Å². The summed E-state index contributed by atoms with van der Waals surface area (Å²) < 4.78 is 70.0. The van der Waals surface area contributed by atoms with Crippen molar-refractivity contribution in [1.29, 1.82) is 0 Å². The fraction of sp³-hybridized carbons (Fsp3) is 0.417. The van der Waals surface area contributed by atoms with E-state index in [4.69, 9.17) is 4.74 Å². The highest BCUT2D eigenvalue weighted by molar-refractivity contribution is 7.92. The SMILES string of the molecule is CNC(=O)C(C)N(Cc1cccc(OC)c1)C(=O)CCCN(c1cccc(C(F)(F)F)c1)S(C)(=O)=O. The molecule has 1 N–H and O–H groups in total. The minimum absolute atomic E-state index is 0.0250. The topological polar surface area (TPSA) is 96.0 Å². The Labute approximate surface area is 209 Å². The van der Waals surface area contributed by atoms with E-state index in [9.17, 15) is 31.2 Å². The molecule has 0 saturated carbocycles. The van der Waals surface area contributed by atoms with E-state index in [2.05, 4.69) is 5.32 Å². The van der Waals surface area contributed by atoms with Crippen LogP contribution in [-0.2, 0) is 32.3 Å². The third-order valence-corrected chi connectivity index (χ3v) is 6.71. The van der Waals surface area contributed by atoms with Crippen LogP contribution in [0.1, 0.15) is 30.9 Å². The van der Waals surface area contributed by atoms with Gasteiger partial charge in [0.05, 0.1) is 24.6 Å². The molecule has 2 aromatic carbocycles. The van der Waals surface area contributed by atoms with Crippen molar-refractivity contribution in [3.8, 4) is 5.75 Å². The van der Waals surface area contributed by atoms with Gasteiger partial charge in [0.2, 0.25) is 21.8 Å². The van der Waals surface area contributed by atoms with E-state index in [1.54, 1.807) is 31.2 Å². The van der Waals surface area contributed by atoms with E-state index >= 15 is 0 Å². The quantitative estimate of drug-likeness (QED) is 0.481. The van der Waals surface area contributed by atoms with Gasteiger partial charge >= 0.3 is 6.18 Å². The number of benzene rings is 2. The summed E-state index contributed by atoms with van der Waals surface area (Å²) in [5.41, 5.74) is -0.402. The van der Waals surface area contributed by atoms with Gasteiger partial charge in [0, 0.05) is 26.6 Å². The zero-order valence-corrected chi connectivity index (χ0v) is 21.3. The molecule has 0 heterocycles. The minimum atomic E-state index is -4.63. The molecule has 0 aliphatic carbocycles. The van der Waals surface area contributed by atoms with Gasteiger partial charge in [0.25, 0.3) is 0 Å². The van der Waals surface area contributed by atoms with E-state index in [-0.39, 0.29) is 37.5 Å². The summed E-state index contributed by atoms with van der Waals surface area (Å²) in [6.45, 7) is 1.46. The summed E-state index contributed by atoms with van der Waals surface area (Å²) in [6.07, 6.45) is -3.85. The van der Waals surface area contributed by atoms with E-state index in [1.807, 2.05) is 0 Å². The fourth-order valence-corrected chi connectivity index (χ4v) is 4.56. The van der Waals surface area contributed by atoms with E-state index in [1.165, 1.54) is 25.1 Å². The Balaban J connectivity index is 2.21. The Morgan fingerprint density at radius 3 is 2.36 bits per heavy atom. The number of nitrogens with one attached hydrogen (secondary N) is 1. The Morgan fingerprint density at radius 2 is 1.78 bits per heavy atom. The van der Waals surface area contributed by atoms with Gasteiger partial charge in [-0.1, -0.05) is 18.2 Å². The molecule has 0 spiro atoms. The lowest BCUT2D eigenvalue weighted by Gasteiger charge is -2.29. The molecule has 0 radical (unpaired) electrons. The number of rotatable bonds is 11. The van der Waals surface area contributed by atoms with Gasteiger partial charge < -0.3 is 15.0 Å². The van der Waals surface area contributed by atoms with Gasteiger partial charge in [-0.15, -0.1) is 0 Å². The summed E-state index contributed by atoms with van der Waals surface area (Å²) in [5, 5.41) is 2.50. The maximum atomic E-state index is 13.1. The first-order chi connectivity index (χ1) is 16.8. The number of ether oxygens (including phenoxy) is 1. The number of hydrogen-bond acceptors (Lipinski definition) is 5. The molecule has 2 rings (SSSR count). The molecule has 0 fully saturated rings. The number of likely N-dealkylation sites (N-methyl/N-ethyl adjacent to an activating group) is 1. The van der Waals surface area contributed by atoms with Crippen molar-refractivity contribution in [2.75, 3.05) is 31.3 Å². The van der Waals surface area contributed by atoms with Crippen molar-refractivity contribution in [2.45, 2.75) is 38.5 Å². The number of anilines is 1. The highest BCUT2D eigenvalue weighted by atomic mass is 32.2. The molecule has 0 saturated heterocycles. The van der Waals surface area contributed by atoms with Crippen LogP contribution in [-0.4, -0.2) is 58.1 Å². The number of methoxy groups -OCH3 is 1. The van der Waals surface area contributed by atoms with Crippen LogP contribution in [0.2, 0.25) is 0 Å². The monoisotopic (exact) mass is 529 g/mol. The number of halogens is 3. The number of amides is 2. The van der Waals surface area contributed by atoms with Gasteiger partial charge in [0.1, 0.15) is 11.8 Å².